The zero-order valence-corrected chi connectivity index (χ0v) is 19.3. The standard InChI is InChI=1S/C27H25N7O/c1-18-15-31-34(16-18)17-19-4-7-21(8-5-19)25(32-27(35)24-3-2-11-30-33-24)14-20-6-9-23-22(13-20)10-12-29-26(23)28/h2-13,15-16,25H,14,17H2,1H3,(H2,28,29)(H,32,35). The van der Waals surface area contributed by atoms with Crippen LogP contribution in [-0.2, 0) is 13.0 Å². The summed E-state index contributed by atoms with van der Waals surface area (Å²) >= 11 is 0. The number of aryl methyl sites for hydroxylation is 1. The minimum absolute atomic E-state index is 0.262. The number of nitrogen functional groups attached to an aromatic ring is 1. The summed E-state index contributed by atoms with van der Waals surface area (Å²) < 4.78 is 1.91. The van der Waals surface area contributed by atoms with Crippen LogP contribution in [0, 0.1) is 6.92 Å². The Kier molecular flexibility index (Phi) is 6.17. The molecule has 0 saturated carbocycles. The van der Waals surface area contributed by atoms with Crippen molar-refractivity contribution in [2.45, 2.75) is 25.9 Å². The van der Waals surface area contributed by atoms with E-state index in [9.17, 15) is 4.79 Å². The lowest BCUT2D eigenvalue weighted by Gasteiger charge is -2.20. The molecule has 0 fully saturated rings. The summed E-state index contributed by atoms with van der Waals surface area (Å²) in [6, 6.07) is 19.4. The van der Waals surface area contributed by atoms with Crippen molar-refractivity contribution < 1.29 is 4.79 Å². The van der Waals surface area contributed by atoms with E-state index in [4.69, 9.17) is 5.73 Å². The van der Waals surface area contributed by atoms with E-state index in [1.165, 1.54) is 0 Å². The number of rotatable bonds is 7. The first-order valence-electron chi connectivity index (χ1n) is 11.3. The van der Waals surface area contributed by atoms with Crippen LogP contribution in [0.1, 0.15) is 38.8 Å². The van der Waals surface area contributed by atoms with Crippen LogP contribution in [0.15, 0.2) is 85.5 Å². The van der Waals surface area contributed by atoms with Gasteiger partial charge in [-0.3, -0.25) is 9.48 Å². The van der Waals surface area contributed by atoms with Gasteiger partial charge in [0.05, 0.1) is 18.8 Å². The summed E-state index contributed by atoms with van der Waals surface area (Å²) in [4.78, 5) is 17.1. The van der Waals surface area contributed by atoms with Gasteiger partial charge in [0.25, 0.3) is 5.91 Å². The van der Waals surface area contributed by atoms with Crippen molar-refractivity contribution in [3.8, 4) is 0 Å². The van der Waals surface area contributed by atoms with Crippen molar-refractivity contribution >= 4 is 22.5 Å². The number of carbonyl (C=O) groups is 1. The Morgan fingerprint density at radius 1 is 1.06 bits per heavy atom. The monoisotopic (exact) mass is 463 g/mol. The lowest BCUT2D eigenvalue weighted by Crippen LogP contribution is -2.30. The molecule has 1 atom stereocenters. The van der Waals surface area contributed by atoms with E-state index in [2.05, 4.69) is 55.9 Å². The molecule has 0 spiro atoms. The van der Waals surface area contributed by atoms with E-state index in [0.29, 0.717) is 18.8 Å². The first-order valence-corrected chi connectivity index (χ1v) is 11.3. The molecule has 8 heteroatoms. The summed E-state index contributed by atoms with van der Waals surface area (Å²) in [6.07, 6.45) is 7.71. The number of nitrogens with one attached hydrogen (secondary N) is 1. The summed E-state index contributed by atoms with van der Waals surface area (Å²) in [5.41, 5.74) is 10.6. The Morgan fingerprint density at radius 3 is 2.63 bits per heavy atom. The molecule has 174 valence electrons. The third-order valence-electron chi connectivity index (χ3n) is 5.90. The smallest absolute Gasteiger partial charge is 0.272 e. The second-order valence-corrected chi connectivity index (χ2v) is 8.55. The van der Waals surface area contributed by atoms with E-state index in [-0.39, 0.29) is 17.6 Å². The maximum Gasteiger partial charge on any atom is 0.272 e. The van der Waals surface area contributed by atoms with Crippen molar-refractivity contribution in [1.29, 1.82) is 0 Å². The van der Waals surface area contributed by atoms with Gasteiger partial charge in [-0.25, -0.2) is 4.98 Å². The van der Waals surface area contributed by atoms with Crippen LogP contribution in [0.3, 0.4) is 0 Å². The van der Waals surface area contributed by atoms with Gasteiger partial charge in [0.1, 0.15) is 5.82 Å². The van der Waals surface area contributed by atoms with Crippen molar-refractivity contribution in [3.05, 3.63) is 113 Å². The summed E-state index contributed by atoms with van der Waals surface area (Å²) in [7, 11) is 0. The molecule has 1 amide bonds. The Labute approximate surface area is 202 Å². The number of nitrogens with zero attached hydrogens (tertiary/aromatic N) is 5. The summed E-state index contributed by atoms with van der Waals surface area (Å²) in [5.74, 6) is 0.234. The topological polar surface area (TPSA) is 112 Å². The Bertz CT molecular complexity index is 1460. The molecule has 0 radical (unpaired) electrons. The van der Waals surface area contributed by atoms with Crippen LogP contribution in [0.25, 0.3) is 10.8 Å². The quantitative estimate of drug-likeness (QED) is 0.379. The highest BCUT2D eigenvalue weighted by atomic mass is 16.2. The van der Waals surface area contributed by atoms with Crippen LogP contribution in [-0.4, -0.2) is 30.9 Å². The number of hydrogen-bond donors (Lipinski definition) is 2. The zero-order valence-electron chi connectivity index (χ0n) is 19.3. The average molecular weight is 464 g/mol. The number of benzene rings is 2. The molecule has 3 aromatic heterocycles. The third kappa shape index (κ3) is 5.16. The number of anilines is 1. The molecule has 0 aliphatic heterocycles. The highest BCUT2D eigenvalue weighted by Gasteiger charge is 2.18. The zero-order chi connectivity index (χ0) is 24.2. The lowest BCUT2D eigenvalue weighted by molar-refractivity contribution is 0.0930. The number of aromatic nitrogens is 5. The van der Waals surface area contributed by atoms with Crippen LogP contribution in [0.2, 0.25) is 0 Å². The summed E-state index contributed by atoms with van der Waals surface area (Å²) in [6.45, 7) is 2.71. The molecule has 0 bridgehead atoms. The molecule has 2 aromatic carbocycles. The first-order chi connectivity index (χ1) is 17.0. The van der Waals surface area contributed by atoms with Gasteiger partial charge in [-0.05, 0) is 59.2 Å². The van der Waals surface area contributed by atoms with Crippen molar-refractivity contribution in [1.82, 2.24) is 30.3 Å². The molecule has 8 nitrogen and oxygen atoms in total. The fourth-order valence-corrected chi connectivity index (χ4v) is 4.12. The number of amides is 1. The second-order valence-electron chi connectivity index (χ2n) is 8.55. The molecule has 0 aliphatic carbocycles. The van der Waals surface area contributed by atoms with Crippen LogP contribution >= 0.6 is 0 Å². The number of carbonyl (C=O) groups excluding carboxylic acids is 1. The van der Waals surface area contributed by atoms with Gasteiger partial charge < -0.3 is 11.1 Å². The maximum atomic E-state index is 12.9. The van der Waals surface area contributed by atoms with Crippen LogP contribution < -0.4 is 11.1 Å². The molecule has 3 heterocycles. The van der Waals surface area contributed by atoms with E-state index < -0.39 is 0 Å². The number of pyridine rings is 1. The highest BCUT2D eigenvalue weighted by molar-refractivity contribution is 5.92. The molecule has 0 aliphatic rings. The Morgan fingerprint density at radius 2 is 1.89 bits per heavy atom. The average Bonchev–Trinajstić information content (AvgIpc) is 3.29. The van der Waals surface area contributed by atoms with Crippen LogP contribution in [0.5, 0.6) is 0 Å². The normalized spacial score (nSPS) is 11.9. The lowest BCUT2D eigenvalue weighted by atomic mass is 9.96. The van der Waals surface area contributed by atoms with Gasteiger partial charge in [-0.15, -0.1) is 5.10 Å². The van der Waals surface area contributed by atoms with Gasteiger partial charge in [0.2, 0.25) is 0 Å². The van der Waals surface area contributed by atoms with Gasteiger partial charge in [0.15, 0.2) is 5.69 Å². The van der Waals surface area contributed by atoms with Gasteiger partial charge in [-0.2, -0.15) is 10.2 Å². The SMILES string of the molecule is Cc1cnn(Cc2ccc(C(Cc3ccc4c(N)nccc4c3)NC(=O)c3cccnn3)cc2)c1. The van der Waals surface area contributed by atoms with Gasteiger partial charge in [-0.1, -0.05) is 42.5 Å². The number of nitrogens with two attached hydrogens (primary N) is 1. The Hall–Kier alpha value is -4.59. The van der Waals surface area contributed by atoms with Crippen LogP contribution in [0.4, 0.5) is 5.82 Å². The molecule has 3 N–H and O–H groups in total. The summed E-state index contributed by atoms with van der Waals surface area (Å²) in [5, 5.41) is 17.2. The fraction of sp³-hybridized carbons (Fsp3) is 0.148. The van der Waals surface area contributed by atoms with Crippen molar-refractivity contribution in [2.75, 3.05) is 5.73 Å². The minimum atomic E-state index is -0.270. The number of hydrogen-bond acceptors (Lipinski definition) is 6. The minimum Gasteiger partial charge on any atom is -0.383 e. The molecular weight excluding hydrogens is 438 g/mol. The molecule has 5 rings (SSSR count). The fourth-order valence-electron chi connectivity index (χ4n) is 4.12. The molecule has 35 heavy (non-hydrogen) atoms. The molecule has 5 aromatic rings. The van der Waals surface area contributed by atoms with E-state index in [1.807, 2.05) is 42.2 Å². The van der Waals surface area contributed by atoms with Gasteiger partial charge in [0, 0.05) is 24.0 Å². The van der Waals surface area contributed by atoms with E-state index in [0.717, 1.165) is 33.0 Å². The van der Waals surface area contributed by atoms with Crippen molar-refractivity contribution in [2.24, 2.45) is 0 Å². The maximum absolute atomic E-state index is 12.9. The number of fused-ring (bicyclic) bond motifs is 1. The predicted octanol–water partition coefficient (Wildman–Crippen LogP) is 3.87. The molecule has 1 unspecified atom stereocenters. The Balaban J connectivity index is 1.42. The van der Waals surface area contributed by atoms with Gasteiger partial charge >= 0.3 is 0 Å². The largest absolute Gasteiger partial charge is 0.383 e. The van der Waals surface area contributed by atoms with E-state index in [1.54, 1.807) is 24.5 Å². The molecule has 0 saturated heterocycles. The van der Waals surface area contributed by atoms with E-state index >= 15 is 0 Å². The highest BCUT2D eigenvalue weighted by Crippen LogP contribution is 2.25. The second kappa shape index (κ2) is 9.72. The third-order valence-corrected chi connectivity index (χ3v) is 5.90. The van der Waals surface area contributed by atoms with Crippen molar-refractivity contribution in [3.63, 3.8) is 0 Å². The molecular formula is C27H25N7O. The predicted molar refractivity (Wildman–Crippen MR) is 135 cm³/mol. The first kappa shape index (κ1) is 22.2.